The molecule has 0 aliphatic carbocycles. The SMILES string of the molecule is CCCNC(=O)CNC(=NC)NC1CCN(c2ncccc2F)C1. The number of nitrogens with zero attached hydrogens (tertiary/aromatic N) is 3. The zero-order chi connectivity index (χ0) is 17.4. The van der Waals surface area contributed by atoms with Gasteiger partial charge in [-0.1, -0.05) is 6.92 Å². The quantitative estimate of drug-likeness (QED) is 0.520. The number of carbonyl (C=O) groups is 1. The fourth-order valence-corrected chi connectivity index (χ4v) is 2.56. The van der Waals surface area contributed by atoms with Crippen LogP contribution in [-0.2, 0) is 4.79 Å². The Morgan fingerprint density at radius 3 is 3.04 bits per heavy atom. The molecular formula is C16H25FN6O. The molecule has 1 fully saturated rings. The number of anilines is 1. The molecule has 132 valence electrons. The predicted molar refractivity (Wildman–Crippen MR) is 92.6 cm³/mol. The molecule has 1 aliphatic rings. The van der Waals surface area contributed by atoms with Gasteiger partial charge in [0.1, 0.15) is 0 Å². The molecule has 0 aromatic carbocycles. The number of guanidine groups is 1. The number of amides is 1. The summed E-state index contributed by atoms with van der Waals surface area (Å²) >= 11 is 0. The predicted octanol–water partition coefficient (Wildman–Crippen LogP) is 0.491. The summed E-state index contributed by atoms with van der Waals surface area (Å²) in [6.45, 7) is 4.20. The molecule has 1 aromatic heterocycles. The normalized spacial score (nSPS) is 17.7. The van der Waals surface area contributed by atoms with Gasteiger partial charge >= 0.3 is 0 Å². The molecule has 0 spiro atoms. The van der Waals surface area contributed by atoms with E-state index in [1.165, 1.54) is 6.07 Å². The maximum absolute atomic E-state index is 13.8. The third-order valence-corrected chi connectivity index (χ3v) is 3.78. The van der Waals surface area contributed by atoms with E-state index in [1.807, 2.05) is 11.8 Å². The zero-order valence-corrected chi connectivity index (χ0v) is 14.2. The third-order valence-electron chi connectivity index (χ3n) is 3.78. The second-order valence-corrected chi connectivity index (χ2v) is 5.66. The van der Waals surface area contributed by atoms with Crippen molar-refractivity contribution in [2.24, 2.45) is 4.99 Å². The van der Waals surface area contributed by atoms with Gasteiger partial charge in [0, 0.05) is 38.9 Å². The van der Waals surface area contributed by atoms with Crippen LogP contribution in [0.5, 0.6) is 0 Å². The largest absolute Gasteiger partial charge is 0.355 e. The number of rotatable bonds is 6. The minimum absolute atomic E-state index is 0.0663. The van der Waals surface area contributed by atoms with Gasteiger partial charge in [0.15, 0.2) is 17.6 Å². The molecule has 7 nitrogen and oxygen atoms in total. The summed E-state index contributed by atoms with van der Waals surface area (Å²) < 4.78 is 13.8. The van der Waals surface area contributed by atoms with Crippen LogP contribution < -0.4 is 20.9 Å². The highest BCUT2D eigenvalue weighted by molar-refractivity contribution is 5.86. The van der Waals surface area contributed by atoms with Crippen LogP contribution >= 0.6 is 0 Å². The zero-order valence-electron chi connectivity index (χ0n) is 14.2. The van der Waals surface area contributed by atoms with Crippen LogP contribution in [0.4, 0.5) is 10.2 Å². The van der Waals surface area contributed by atoms with E-state index < -0.39 is 0 Å². The van der Waals surface area contributed by atoms with Crippen LogP contribution in [0.1, 0.15) is 19.8 Å². The number of hydrogen-bond donors (Lipinski definition) is 3. The van der Waals surface area contributed by atoms with E-state index in [4.69, 9.17) is 0 Å². The minimum atomic E-state index is -0.312. The monoisotopic (exact) mass is 336 g/mol. The van der Waals surface area contributed by atoms with Crippen LogP contribution in [0, 0.1) is 5.82 Å². The third kappa shape index (κ3) is 5.07. The lowest BCUT2D eigenvalue weighted by atomic mass is 10.3. The van der Waals surface area contributed by atoms with Crippen LogP contribution in [0.2, 0.25) is 0 Å². The lowest BCUT2D eigenvalue weighted by Gasteiger charge is -2.19. The molecule has 0 bridgehead atoms. The maximum Gasteiger partial charge on any atom is 0.239 e. The van der Waals surface area contributed by atoms with Crippen LogP contribution in [0.3, 0.4) is 0 Å². The molecule has 1 aromatic rings. The van der Waals surface area contributed by atoms with Crippen molar-refractivity contribution in [3.8, 4) is 0 Å². The van der Waals surface area contributed by atoms with E-state index in [9.17, 15) is 9.18 Å². The average molecular weight is 336 g/mol. The number of pyridine rings is 1. The molecule has 1 saturated heterocycles. The Labute approximate surface area is 141 Å². The van der Waals surface area contributed by atoms with Gasteiger partial charge in [-0.2, -0.15) is 0 Å². The number of hydrogen-bond acceptors (Lipinski definition) is 4. The Morgan fingerprint density at radius 2 is 2.33 bits per heavy atom. The van der Waals surface area contributed by atoms with Gasteiger partial charge in [-0.15, -0.1) is 0 Å². The number of nitrogens with one attached hydrogen (secondary N) is 3. The molecule has 1 amide bonds. The molecule has 0 radical (unpaired) electrons. The maximum atomic E-state index is 13.8. The van der Waals surface area contributed by atoms with Crippen LogP contribution in [-0.4, -0.2) is 56.1 Å². The second kappa shape index (κ2) is 9.05. The standard InChI is InChI=1S/C16H25FN6O/c1-3-7-19-14(24)10-21-16(18-2)22-12-6-9-23(11-12)15-13(17)5-4-8-20-15/h4-5,8,12H,3,6-7,9-11H2,1-2H3,(H,19,24)(H2,18,21,22). The van der Waals surface area contributed by atoms with E-state index in [0.29, 0.717) is 24.9 Å². The first kappa shape index (κ1) is 18.0. The summed E-state index contributed by atoms with van der Waals surface area (Å²) in [6, 6.07) is 3.12. The topological polar surface area (TPSA) is 81.6 Å². The molecule has 1 atom stereocenters. The van der Waals surface area contributed by atoms with E-state index >= 15 is 0 Å². The first-order valence-electron chi connectivity index (χ1n) is 8.23. The van der Waals surface area contributed by atoms with Crippen molar-refractivity contribution in [2.75, 3.05) is 38.1 Å². The Bertz CT molecular complexity index is 579. The highest BCUT2D eigenvalue weighted by Gasteiger charge is 2.25. The van der Waals surface area contributed by atoms with E-state index in [1.54, 1.807) is 19.3 Å². The van der Waals surface area contributed by atoms with Crippen LogP contribution in [0.25, 0.3) is 0 Å². The Hall–Kier alpha value is -2.38. The van der Waals surface area contributed by atoms with E-state index in [-0.39, 0.29) is 24.3 Å². The number of aliphatic imine (C=N–C) groups is 1. The fourth-order valence-electron chi connectivity index (χ4n) is 2.56. The molecular weight excluding hydrogens is 311 g/mol. The summed E-state index contributed by atoms with van der Waals surface area (Å²) in [4.78, 5) is 21.8. The molecule has 1 unspecified atom stereocenters. The molecule has 1 aliphatic heterocycles. The minimum Gasteiger partial charge on any atom is -0.355 e. The molecule has 24 heavy (non-hydrogen) atoms. The summed E-state index contributed by atoms with van der Waals surface area (Å²) in [5, 5.41) is 9.05. The lowest BCUT2D eigenvalue weighted by Crippen LogP contribution is -2.47. The summed E-state index contributed by atoms with van der Waals surface area (Å²) in [6.07, 6.45) is 3.34. The molecule has 3 N–H and O–H groups in total. The molecule has 2 rings (SSSR count). The van der Waals surface area contributed by atoms with E-state index in [2.05, 4.69) is 25.9 Å². The van der Waals surface area contributed by atoms with Gasteiger partial charge in [0.05, 0.1) is 6.54 Å². The fraction of sp³-hybridized carbons (Fsp3) is 0.562. The van der Waals surface area contributed by atoms with Crippen molar-refractivity contribution in [3.63, 3.8) is 0 Å². The van der Waals surface area contributed by atoms with Crippen molar-refractivity contribution < 1.29 is 9.18 Å². The smallest absolute Gasteiger partial charge is 0.239 e. The van der Waals surface area contributed by atoms with Crippen molar-refractivity contribution in [1.82, 2.24) is 20.9 Å². The van der Waals surface area contributed by atoms with Gasteiger partial charge in [0.25, 0.3) is 0 Å². The van der Waals surface area contributed by atoms with Gasteiger partial charge in [0.2, 0.25) is 5.91 Å². The second-order valence-electron chi connectivity index (χ2n) is 5.66. The van der Waals surface area contributed by atoms with Gasteiger partial charge < -0.3 is 20.9 Å². The first-order valence-corrected chi connectivity index (χ1v) is 8.23. The highest BCUT2D eigenvalue weighted by Crippen LogP contribution is 2.20. The van der Waals surface area contributed by atoms with Crippen molar-refractivity contribution >= 4 is 17.7 Å². The Balaban J connectivity index is 1.81. The first-order chi connectivity index (χ1) is 11.6. The van der Waals surface area contributed by atoms with Crippen molar-refractivity contribution in [3.05, 3.63) is 24.1 Å². The summed E-state index contributed by atoms with van der Waals surface area (Å²) in [5.74, 6) is 0.565. The number of aromatic nitrogens is 1. The number of carbonyl (C=O) groups excluding carboxylic acids is 1. The Kier molecular flexibility index (Phi) is 6.77. The summed E-state index contributed by atoms with van der Waals surface area (Å²) in [5.41, 5.74) is 0. The Morgan fingerprint density at radius 1 is 1.50 bits per heavy atom. The average Bonchev–Trinajstić information content (AvgIpc) is 3.05. The van der Waals surface area contributed by atoms with Crippen LogP contribution in [0.15, 0.2) is 23.3 Å². The van der Waals surface area contributed by atoms with E-state index in [0.717, 1.165) is 19.4 Å². The van der Waals surface area contributed by atoms with Crippen molar-refractivity contribution in [1.29, 1.82) is 0 Å². The molecule has 2 heterocycles. The van der Waals surface area contributed by atoms with Gasteiger partial charge in [-0.3, -0.25) is 9.79 Å². The molecule has 0 saturated carbocycles. The molecule has 8 heteroatoms. The lowest BCUT2D eigenvalue weighted by molar-refractivity contribution is -0.120. The summed E-state index contributed by atoms with van der Waals surface area (Å²) in [7, 11) is 1.66. The van der Waals surface area contributed by atoms with Gasteiger partial charge in [-0.25, -0.2) is 9.37 Å². The highest BCUT2D eigenvalue weighted by atomic mass is 19.1. The van der Waals surface area contributed by atoms with Crippen molar-refractivity contribution in [2.45, 2.75) is 25.8 Å². The number of halogens is 1. The van der Waals surface area contributed by atoms with Gasteiger partial charge in [-0.05, 0) is 25.0 Å².